The maximum Gasteiger partial charge on any atom is 0.182 e. The Balaban J connectivity index is 2.34. The minimum atomic E-state index is -0.132. The Labute approximate surface area is 81.4 Å². The maximum atomic E-state index is 5.66. The van der Waals surface area contributed by atoms with Gasteiger partial charge in [0.25, 0.3) is 0 Å². The van der Waals surface area contributed by atoms with Gasteiger partial charge in [-0.1, -0.05) is 0 Å². The molecule has 0 aliphatic heterocycles. The Morgan fingerprint density at radius 2 is 2.36 bits per heavy atom. The van der Waals surface area contributed by atoms with E-state index >= 15 is 0 Å². The van der Waals surface area contributed by atoms with Crippen molar-refractivity contribution in [2.75, 3.05) is 0 Å². The lowest BCUT2D eigenvalue weighted by Crippen LogP contribution is -2.06. The molecule has 0 fully saturated rings. The van der Waals surface area contributed by atoms with E-state index in [1.165, 1.54) is 0 Å². The molecular formula is C9H11N5. The molecule has 0 aliphatic rings. The van der Waals surface area contributed by atoms with Crippen LogP contribution < -0.4 is 5.73 Å². The summed E-state index contributed by atoms with van der Waals surface area (Å²) in [6, 6.07) is 3.62. The van der Waals surface area contributed by atoms with Crippen molar-refractivity contribution in [2.24, 2.45) is 5.73 Å². The molecule has 0 bridgehead atoms. The van der Waals surface area contributed by atoms with E-state index in [-0.39, 0.29) is 6.04 Å². The van der Waals surface area contributed by atoms with Crippen LogP contribution in [0.4, 0.5) is 0 Å². The number of hydrogen-bond donors (Lipinski definition) is 2. The van der Waals surface area contributed by atoms with Crippen molar-refractivity contribution in [1.82, 2.24) is 20.2 Å². The van der Waals surface area contributed by atoms with Crippen LogP contribution in [0.2, 0.25) is 0 Å². The second-order valence-corrected chi connectivity index (χ2v) is 3.07. The predicted molar refractivity (Wildman–Crippen MR) is 52.2 cm³/mol. The molecule has 0 saturated heterocycles. The first-order chi connectivity index (χ1) is 6.77. The molecule has 0 spiro atoms. The van der Waals surface area contributed by atoms with Crippen LogP contribution in [0.15, 0.2) is 24.5 Å². The van der Waals surface area contributed by atoms with Crippen LogP contribution >= 0.6 is 0 Å². The Bertz CT molecular complexity index is 406. The molecule has 2 rings (SSSR count). The third kappa shape index (κ3) is 1.62. The van der Waals surface area contributed by atoms with Crippen molar-refractivity contribution in [1.29, 1.82) is 0 Å². The number of nitrogens with two attached hydrogens (primary N) is 1. The van der Waals surface area contributed by atoms with Gasteiger partial charge < -0.3 is 5.73 Å². The molecule has 5 nitrogen and oxygen atoms in total. The molecule has 2 heterocycles. The smallest absolute Gasteiger partial charge is 0.182 e. The number of hydrogen-bond acceptors (Lipinski definition) is 4. The van der Waals surface area contributed by atoms with Crippen LogP contribution in [0.25, 0.3) is 11.4 Å². The van der Waals surface area contributed by atoms with E-state index in [0.717, 1.165) is 5.56 Å². The van der Waals surface area contributed by atoms with Gasteiger partial charge in [-0.05, 0) is 19.1 Å². The fourth-order valence-electron chi connectivity index (χ4n) is 1.10. The number of pyridine rings is 1. The Hall–Kier alpha value is -1.75. The average Bonchev–Trinajstić information content (AvgIpc) is 2.68. The van der Waals surface area contributed by atoms with Gasteiger partial charge in [0.2, 0.25) is 0 Å². The monoisotopic (exact) mass is 189 g/mol. The highest BCUT2D eigenvalue weighted by molar-refractivity contribution is 5.52. The van der Waals surface area contributed by atoms with Crippen LogP contribution in [-0.2, 0) is 0 Å². The SMILES string of the molecule is C[C@H](N)c1nc(-c2cccnc2)n[nH]1. The lowest BCUT2D eigenvalue weighted by atomic mass is 10.3. The number of aromatic amines is 1. The molecule has 14 heavy (non-hydrogen) atoms. The lowest BCUT2D eigenvalue weighted by Gasteiger charge is -1.95. The molecule has 0 aromatic carbocycles. The van der Waals surface area contributed by atoms with Crippen LogP contribution in [0, 0.1) is 0 Å². The largest absolute Gasteiger partial charge is 0.322 e. The standard InChI is InChI=1S/C9H11N5/c1-6(10)8-12-9(14-13-8)7-3-2-4-11-5-7/h2-6H,10H2,1H3,(H,12,13,14)/t6-/m0/s1. The maximum absolute atomic E-state index is 5.66. The van der Waals surface area contributed by atoms with Crippen molar-refractivity contribution in [2.45, 2.75) is 13.0 Å². The van der Waals surface area contributed by atoms with Crippen molar-refractivity contribution in [3.63, 3.8) is 0 Å². The number of H-pyrrole nitrogens is 1. The number of nitrogens with zero attached hydrogens (tertiary/aromatic N) is 3. The van der Waals surface area contributed by atoms with Gasteiger partial charge in [0.05, 0.1) is 6.04 Å². The zero-order valence-electron chi connectivity index (χ0n) is 7.81. The highest BCUT2D eigenvalue weighted by Gasteiger charge is 2.07. The minimum Gasteiger partial charge on any atom is -0.322 e. The normalized spacial score (nSPS) is 12.7. The summed E-state index contributed by atoms with van der Waals surface area (Å²) in [5, 5.41) is 6.84. The van der Waals surface area contributed by atoms with Crippen molar-refractivity contribution >= 4 is 0 Å². The van der Waals surface area contributed by atoms with Crippen molar-refractivity contribution in [3.05, 3.63) is 30.4 Å². The van der Waals surface area contributed by atoms with Gasteiger partial charge in [-0.2, -0.15) is 5.10 Å². The summed E-state index contributed by atoms with van der Waals surface area (Å²) >= 11 is 0. The second-order valence-electron chi connectivity index (χ2n) is 3.07. The van der Waals surface area contributed by atoms with E-state index in [2.05, 4.69) is 20.2 Å². The summed E-state index contributed by atoms with van der Waals surface area (Å²) < 4.78 is 0. The van der Waals surface area contributed by atoms with Crippen LogP contribution in [0.5, 0.6) is 0 Å². The van der Waals surface area contributed by atoms with E-state index in [0.29, 0.717) is 11.6 Å². The van der Waals surface area contributed by atoms with Gasteiger partial charge in [0.15, 0.2) is 5.82 Å². The first kappa shape index (κ1) is 8.83. The molecule has 72 valence electrons. The van der Waals surface area contributed by atoms with Gasteiger partial charge in [0, 0.05) is 18.0 Å². The Morgan fingerprint density at radius 3 is 2.93 bits per heavy atom. The fourth-order valence-corrected chi connectivity index (χ4v) is 1.10. The number of aromatic nitrogens is 4. The predicted octanol–water partition coefficient (Wildman–Crippen LogP) is 0.886. The molecular weight excluding hydrogens is 178 g/mol. The lowest BCUT2D eigenvalue weighted by molar-refractivity contribution is 0.745. The van der Waals surface area contributed by atoms with Gasteiger partial charge in [-0.25, -0.2) is 4.98 Å². The van der Waals surface area contributed by atoms with Gasteiger partial charge in [0.1, 0.15) is 5.82 Å². The number of nitrogens with one attached hydrogen (secondary N) is 1. The molecule has 5 heteroatoms. The summed E-state index contributed by atoms with van der Waals surface area (Å²) in [6.45, 7) is 1.85. The summed E-state index contributed by atoms with van der Waals surface area (Å²) in [5.41, 5.74) is 6.54. The summed E-state index contributed by atoms with van der Waals surface area (Å²) in [4.78, 5) is 8.24. The van der Waals surface area contributed by atoms with Gasteiger partial charge in [-0.15, -0.1) is 0 Å². The zero-order valence-corrected chi connectivity index (χ0v) is 7.81. The van der Waals surface area contributed by atoms with Crippen LogP contribution in [0.3, 0.4) is 0 Å². The fraction of sp³-hybridized carbons (Fsp3) is 0.222. The summed E-state index contributed by atoms with van der Waals surface area (Å²) in [6.07, 6.45) is 3.43. The molecule has 1 atom stereocenters. The Morgan fingerprint density at radius 1 is 1.50 bits per heavy atom. The molecule has 0 aliphatic carbocycles. The molecule has 0 amide bonds. The quantitative estimate of drug-likeness (QED) is 0.735. The first-order valence-electron chi connectivity index (χ1n) is 4.35. The summed E-state index contributed by atoms with van der Waals surface area (Å²) in [5.74, 6) is 1.31. The molecule has 2 aromatic rings. The third-order valence-electron chi connectivity index (χ3n) is 1.85. The van der Waals surface area contributed by atoms with E-state index in [9.17, 15) is 0 Å². The Kier molecular flexibility index (Phi) is 2.24. The van der Waals surface area contributed by atoms with Gasteiger partial charge >= 0.3 is 0 Å². The molecule has 0 saturated carbocycles. The molecule has 2 aromatic heterocycles. The topological polar surface area (TPSA) is 80.5 Å². The second kappa shape index (κ2) is 3.55. The first-order valence-corrected chi connectivity index (χ1v) is 4.35. The van der Waals surface area contributed by atoms with Crippen molar-refractivity contribution < 1.29 is 0 Å². The van der Waals surface area contributed by atoms with Crippen LogP contribution in [-0.4, -0.2) is 20.2 Å². The number of rotatable bonds is 2. The van der Waals surface area contributed by atoms with Gasteiger partial charge in [-0.3, -0.25) is 10.1 Å². The third-order valence-corrected chi connectivity index (χ3v) is 1.85. The molecule has 3 N–H and O–H groups in total. The highest BCUT2D eigenvalue weighted by atomic mass is 15.2. The van der Waals surface area contributed by atoms with E-state index in [1.54, 1.807) is 12.4 Å². The minimum absolute atomic E-state index is 0.132. The highest BCUT2D eigenvalue weighted by Crippen LogP contribution is 2.13. The van der Waals surface area contributed by atoms with E-state index in [1.807, 2.05) is 19.1 Å². The van der Waals surface area contributed by atoms with E-state index < -0.39 is 0 Å². The van der Waals surface area contributed by atoms with E-state index in [4.69, 9.17) is 5.73 Å². The summed E-state index contributed by atoms with van der Waals surface area (Å²) in [7, 11) is 0. The zero-order chi connectivity index (χ0) is 9.97. The van der Waals surface area contributed by atoms with Crippen molar-refractivity contribution in [3.8, 4) is 11.4 Å². The average molecular weight is 189 g/mol. The molecule has 0 radical (unpaired) electrons. The van der Waals surface area contributed by atoms with Crippen LogP contribution in [0.1, 0.15) is 18.8 Å². The molecule has 0 unspecified atom stereocenters.